The molecule has 19 heavy (non-hydrogen) atoms. The Morgan fingerprint density at radius 3 is 2.26 bits per heavy atom. The van der Waals surface area contributed by atoms with Crippen LogP contribution in [0.4, 0.5) is 0 Å². The van der Waals surface area contributed by atoms with Crippen LogP contribution >= 0.6 is 0 Å². The molecule has 0 saturated carbocycles. The molecular formula is C14H25NO4. The van der Waals surface area contributed by atoms with Crippen LogP contribution in [0.3, 0.4) is 0 Å². The summed E-state index contributed by atoms with van der Waals surface area (Å²) in [7, 11) is 0. The van der Waals surface area contributed by atoms with Gasteiger partial charge in [0, 0.05) is 12.3 Å². The van der Waals surface area contributed by atoms with Crippen LogP contribution in [0.5, 0.6) is 0 Å². The summed E-state index contributed by atoms with van der Waals surface area (Å²) in [4.78, 5) is 22.2. The van der Waals surface area contributed by atoms with E-state index in [1.165, 1.54) is 0 Å². The van der Waals surface area contributed by atoms with Gasteiger partial charge in [-0.3, -0.25) is 10.2 Å². The molecule has 0 aliphatic rings. The van der Waals surface area contributed by atoms with Crippen LogP contribution in [0.2, 0.25) is 0 Å². The van der Waals surface area contributed by atoms with Crippen molar-refractivity contribution in [2.24, 2.45) is 5.92 Å². The second-order valence-electron chi connectivity index (χ2n) is 5.66. The third-order valence-electron chi connectivity index (χ3n) is 2.71. The first-order chi connectivity index (χ1) is 8.67. The molecule has 0 fully saturated rings. The van der Waals surface area contributed by atoms with Crippen molar-refractivity contribution in [1.29, 1.82) is 5.41 Å². The molecule has 0 aromatic heterocycles. The van der Waals surface area contributed by atoms with E-state index >= 15 is 0 Å². The molecule has 0 spiro atoms. The zero-order valence-electron chi connectivity index (χ0n) is 12.3. The maximum absolute atomic E-state index is 11.8. The van der Waals surface area contributed by atoms with E-state index in [1.807, 2.05) is 6.92 Å². The average Bonchev–Trinajstić information content (AvgIpc) is 2.25. The number of ether oxygens (including phenoxy) is 1. The molecule has 110 valence electrons. The first-order valence-electron chi connectivity index (χ1n) is 6.71. The molecule has 0 aliphatic carbocycles. The van der Waals surface area contributed by atoms with Gasteiger partial charge in [-0.25, -0.2) is 4.79 Å². The predicted octanol–water partition coefficient (Wildman–Crippen LogP) is 3.02. The van der Waals surface area contributed by atoms with Gasteiger partial charge in [-0.15, -0.1) is 0 Å². The Morgan fingerprint density at radius 2 is 1.84 bits per heavy atom. The van der Waals surface area contributed by atoms with Crippen LogP contribution < -0.4 is 0 Å². The van der Waals surface area contributed by atoms with Crippen LogP contribution in [-0.2, 0) is 14.3 Å². The number of hydrogen-bond acceptors (Lipinski definition) is 4. The van der Waals surface area contributed by atoms with Gasteiger partial charge in [0.05, 0.1) is 0 Å². The first-order valence-corrected chi connectivity index (χ1v) is 6.71. The number of carboxylic acid groups (broad SMARTS) is 1. The number of rotatable bonds is 8. The van der Waals surface area contributed by atoms with E-state index in [1.54, 1.807) is 20.8 Å². The lowest BCUT2D eigenvalue weighted by atomic mass is 9.93. The summed E-state index contributed by atoms with van der Waals surface area (Å²) in [5.74, 6) is -1.53. The summed E-state index contributed by atoms with van der Waals surface area (Å²) in [6, 6.07) is 0. The number of hydrogen-bond donors (Lipinski definition) is 2. The largest absolute Gasteiger partial charge is 0.481 e. The number of unbranched alkanes of at least 4 members (excludes halogenated alkanes) is 1. The second kappa shape index (κ2) is 7.92. The maximum atomic E-state index is 11.8. The Balaban J connectivity index is 4.24. The molecule has 0 aliphatic heterocycles. The van der Waals surface area contributed by atoms with Crippen LogP contribution in [-0.4, -0.2) is 28.4 Å². The number of esters is 1. The molecule has 0 heterocycles. The lowest BCUT2D eigenvalue weighted by Crippen LogP contribution is -2.32. The van der Waals surface area contributed by atoms with Crippen molar-refractivity contribution in [2.45, 2.75) is 65.4 Å². The molecule has 0 radical (unpaired) electrons. The summed E-state index contributed by atoms with van der Waals surface area (Å²) in [5.41, 5.74) is -0.599. The molecule has 2 N–H and O–H groups in total. The smallest absolute Gasteiger partial charge is 0.352 e. The van der Waals surface area contributed by atoms with Gasteiger partial charge in [0.15, 0.2) is 0 Å². The van der Waals surface area contributed by atoms with Crippen molar-refractivity contribution < 1.29 is 19.4 Å². The Hall–Kier alpha value is -1.39. The Bertz CT molecular complexity index is 331. The van der Waals surface area contributed by atoms with E-state index < -0.39 is 17.5 Å². The van der Waals surface area contributed by atoms with Gasteiger partial charge in [0.2, 0.25) is 0 Å². The van der Waals surface area contributed by atoms with E-state index in [2.05, 4.69) is 0 Å². The highest BCUT2D eigenvalue weighted by atomic mass is 16.6. The van der Waals surface area contributed by atoms with Gasteiger partial charge < -0.3 is 9.84 Å². The van der Waals surface area contributed by atoms with Gasteiger partial charge >= 0.3 is 11.9 Å². The molecule has 0 aromatic rings. The van der Waals surface area contributed by atoms with Crippen LogP contribution in [0, 0.1) is 11.3 Å². The lowest BCUT2D eigenvalue weighted by Gasteiger charge is -2.22. The predicted molar refractivity (Wildman–Crippen MR) is 73.5 cm³/mol. The van der Waals surface area contributed by atoms with Crippen molar-refractivity contribution in [3.05, 3.63) is 0 Å². The van der Waals surface area contributed by atoms with Crippen LogP contribution in [0.15, 0.2) is 0 Å². The standard InChI is InChI=1S/C14H25NO4/c1-5-10(8-6-7-9-11(16)17)12(15)13(18)19-14(2,3)4/h10,15H,5-9H2,1-4H3,(H,16,17)/t10-/m0/s1. The first kappa shape index (κ1) is 17.6. The molecule has 0 amide bonds. The fourth-order valence-electron chi connectivity index (χ4n) is 1.72. The van der Waals surface area contributed by atoms with Gasteiger partial charge in [-0.1, -0.05) is 13.3 Å². The molecule has 1 atom stereocenters. The molecule has 0 bridgehead atoms. The number of aliphatic carboxylic acids is 1. The normalized spacial score (nSPS) is 12.8. The maximum Gasteiger partial charge on any atom is 0.352 e. The highest BCUT2D eigenvalue weighted by molar-refractivity contribution is 6.35. The van der Waals surface area contributed by atoms with E-state index in [0.717, 1.165) is 0 Å². The van der Waals surface area contributed by atoms with Gasteiger partial charge in [-0.2, -0.15) is 0 Å². The third-order valence-corrected chi connectivity index (χ3v) is 2.71. The molecule has 5 heteroatoms. The Labute approximate surface area is 114 Å². The number of carbonyl (C=O) groups excluding carboxylic acids is 1. The monoisotopic (exact) mass is 271 g/mol. The molecule has 0 unspecified atom stereocenters. The number of carbonyl (C=O) groups is 2. The summed E-state index contributed by atoms with van der Waals surface area (Å²) in [6.07, 6.45) is 2.76. The van der Waals surface area contributed by atoms with E-state index in [0.29, 0.717) is 25.7 Å². The Kier molecular flexibility index (Phi) is 7.34. The molecule has 0 aromatic carbocycles. The van der Waals surface area contributed by atoms with Gasteiger partial charge in [0.1, 0.15) is 11.3 Å². The van der Waals surface area contributed by atoms with Crippen molar-refractivity contribution in [3.8, 4) is 0 Å². The van der Waals surface area contributed by atoms with Crippen LogP contribution in [0.25, 0.3) is 0 Å². The highest BCUT2D eigenvalue weighted by Gasteiger charge is 2.25. The number of nitrogens with one attached hydrogen (secondary N) is 1. The SMILES string of the molecule is CC[C@@H](CCCCC(=O)O)C(=N)C(=O)OC(C)(C)C. The lowest BCUT2D eigenvalue weighted by molar-refractivity contribution is -0.146. The fraction of sp³-hybridized carbons (Fsp3) is 0.786. The van der Waals surface area contributed by atoms with E-state index in [4.69, 9.17) is 15.3 Å². The van der Waals surface area contributed by atoms with Crippen molar-refractivity contribution in [3.63, 3.8) is 0 Å². The Morgan fingerprint density at radius 1 is 1.26 bits per heavy atom. The van der Waals surface area contributed by atoms with E-state index in [9.17, 15) is 9.59 Å². The summed E-state index contributed by atoms with van der Waals surface area (Å²) in [6.45, 7) is 7.23. The summed E-state index contributed by atoms with van der Waals surface area (Å²) < 4.78 is 5.17. The minimum absolute atomic E-state index is 0.00671. The van der Waals surface area contributed by atoms with Crippen molar-refractivity contribution in [2.75, 3.05) is 0 Å². The zero-order valence-corrected chi connectivity index (χ0v) is 12.3. The molecular weight excluding hydrogens is 246 g/mol. The summed E-state index contributed by atoms with van der Waals surface area (Å²) >= 11 is 0. The molecule has 0 rings (SSSR count). The summed E-state index contributed by atoms with van der Waals surface area (Å²) in [5, 5.41) is 16.4. The topological polar surface area (TPSA) is 87.5 Å². The van der Waals surface area contributed by atoms with E-state index in [-0.39, 0.29) is 18.1 Å². The average molecular weight is 271 g/mol. The zero-order chi connectivity index (χ0) is 15.1. The number of carboxylic acids is 1. The van der Waals surface area contributed by atoms with Gasteiger partial charge in [0.25, 0.3) is 0 Å². The van der Waals surface area contributed by atoms with Gasteiger partial charge in [-0.05, 0) is 40.0 Å². The molecule has 0 saturated heterocycles. The highest BCUT2D eigenvalue weighted by Crippen LogP contribution is 2.17. The second-order valence-corrected chi connectivity index (χ2v) is 5.66. The molecule has 5 nitrogen and oxygen atoms in total. The third kappa shape index (κ3) is 8.35. The van der Waals surface area contributed by atoms with Crippen molar-refractivity contribution in [1.82, 2.24) is 0 Å². The quantitative estimate of drug-likeness (QED) is 0.403. The fourth-order valence-corrected chi connectivity index (χ4v) is 1.72. The van der Waals surface area contributed by atoms with Crippen LogP contribution in [0.1, 0.15) is 59.8 Å². The minimum Gasteiger partial charge on any atom is -0.481 e. The van der Waals surface area contributed by atoms with Crippen molar-refractivity contribution >= 4 is 17.7 Å². The minimum atomic E-state index is -0.810.